The Bertz CT molecular complexity index is 584. The third-order valence-electron chi connectivity index (χ3n) is 3.00. The summed E-state index contributed by atoms with van der Waals surface area (Å²) in [7, 11) is 0. The summed E-state index contributed by atoms with van der Waals surface area (Å²) in [5.74, 6) is -1.36. The SMILES string of the molecule is O=C(CCc1ccncc1)N[C@H](Cc1cnc[nH]1)C(=O)O. The number of nitrogens with one attached hydrogen (secondary N) is 2. The van der Waals surface area contributed by atoms with Gasteiger partial charge in [-0.05, 0) is 24.1 Å². The normalized spacial score (nSPS) is 11.8. The fourth-order valence-electron chi connectivity index (χ4n) is 1.89. The molecule has 2 aromatic rings. The van der Waals surface area contributed by atoms with Crippen LogP contribution >= 0.6 is 0 Å². The molecule has 1 amide bonds. The van der Waals surface area contributed by atoms with Crippen molar-refractivity contribution in [2.45, 2.75) is 25.3 Å². The lowest BCUT2D eigenvalue weighted by Gasteiger charge is -2.13. The molecule has 110 valence electrons. The van der Waals surface area contributed by atoms with E-state index in [9.17, 15) is 9.59 Å². The number of aryl methyl sites for hydroxylation is 1. The fraction of sp³-hybridized carbons (Fsp3) is 0.286. The molecule has 7 nitrogen and oxygen atoms in total. The molecule has 0 spiro atoms. The number of H-pyrrole nitrogens is 1. The predicted molar refractivity (Wildman–Crippen MR) is 74.4 cm³/mol. The Morgan fingerprint density at radius 2 is 2.05 bits per heavy atom. The monoisotopic (exact) mass is 288 g/mol. The molecule has 7 heteroatoms. The van der Waals surface area contributed by atoms with Gasteiger partial charge in [-0.1, -0.05) is 0 Å². The van der Waals surface area contributed by atoms with E-state index < -0.39 is 12.0 Å². The van der Waals surface area contributed by atoms with Crippen molar-refractivity contribution in [1.82, 2.24) is 20.3 Å². The lowest BCUT2D eigenvalue weighted by Crippen LogP contribution is -2.42. The molecule has 1 atom stereocenters. The van der Waals surface area contributed by atoms with Crippen LogP contribution in [0, 0.1) is 0 Å². The minimum absolute atomic E-state index is 0.177. The highest BCUT2D eigenvalue weighted by atomic mass is 16.4. The van der Waals surface area contributed by atoms with Gasteiger partial charge in [0.1, 0.15) is 6.04 Å². The first-order valence-corrected chi connectivity index (χ1v) is 6.53. The lowest BCUT2D eigenvalue weighted by molar-refractivity contribution is -0.141. The number of carboxylic acid groups (broad SMARTS) is 1. The molecule has 0 radical (unpaired) electrons. The molecule has 2 heterocycles. The van der Waals surface area contributed by atoms with Crippen LogP contribution in [0.5, 0.6) is 0 Å². The van der Waals surface area contributed by atoms with Gasteiger partial charge in [0.2, 0.25) is 5.91 Å². The van der Waals surface area contributed by atoms with Crippen molar-refractivity contribution in [2.24, 2.45) is 0 Å². The molecule has 2 aromatic heterocycles. The highest BCUT2D eigenvalue weighted by molar-refractivity contribution is 5.83. The summed E-state index contributed by atoms with van der Waals surface area (Å²) in [6, 6.07) is 2.69. The minimum atomic E-state index is -1.07. The summed E-state index contributed by atoms with van der Waals surface area (Å²) >= 11 is 0. The van der Waals surface area contributed by atoms with Crippen molar-refractivity contribution in [3.63, 3.8) is 0 Å². The van der Waals surface area contributed by atoms with E-state index in [0.717, 1.165) is 5.56 Å². The molecule has 0 saturated carbocycles. The summed E-state index contributed by atoms with van der Waals surface area (Å²) in [5, 5.41) is 11.7. The van der Waals surface area contributed by atoms with Crippen LogP contribution in [0.2, 0.25) is 0 Å². The molecular formula is C14H16N4O3. The van der Waals surface area contributed by atoms with Crippen molar-refractivity contribution >= 4 is 11.9 Å². The Labute approximate surface area is 121 Å². The molecule has 0 saturated heterocycles. The Kier molecular flexibility index (Phi) is 5.03. The number of rotatable bonds is 7. The third-order valence-corrected chi connectivity index (χ3v) is 3.00. The van der Waals surface area contributed by atoms with Gasteiger partial charge in [-0.15, -0.1) is 0 Å². The first-order chi connectivity index (χ1) is 10.1. The predicted octanol–water partition coefficient (Wildman–Crippen LogP) is 0.549. The van der Waals surface area contributed by atoms with Crippen LogP contribution in [0.1, 0.15) is 17.7 Å². The number of carboxylic acids is 1. The Morgan fingerprint density at radius 1 is 1.29 bits per heavy atom. The minimum Gasteiger partial charge on any atom is -0.480 e. The molecule has 0 unspecified atom stereocenters. The number of imidazole rings is 1. The highest BCUT2D eigenvalue weighted by Gasteiger charge is 2.20. The summed E-state index contributed by atoms with van der Waals surface area (Å²) in [5.41, 5.74) is 1.65. The quantitative estimate of drug-likeness (QED) is 0.689. The standard InChI is InChI=1S/C14H16N4O3/c19-13(2-1-10-3-5-15-6-4-10)18-12(14(20)21)7-11-8-16-9-17-11/h3-6,8-9,12H,1-2,7H2,(H,16,17)(H,18,19)(H,20,21)/t12-/m1/s1. The molecule has 2 rings (SSSR count). The number of hydrogen-bond acceptors (Lipinski definition) is 4. The van der Waals surface area contributed by atoms with E-state index in [2.05, 4.69) is 20.3 Å². The van der Waals surface area contributed by atoms with Crippen LogP contribution in [0.25, 0.3) is 0 Å². The number of carbonyl (C=O) groups is 2. The van der Waals surface area contributed by atoms with Gasteiger partial charge in [-0.25, -0.2) is 9.78 Å². The summed E-state index contributed by atoms with van der Waals surface area (Å²) < 4.78 is 0. The lowest BCUT2D eigenvalue weighted by atomic mass is 10.1. The van der Waals surface area contributed by atoms with Crippen LogP contribution in [0.3, 0.4) is 0 Å². The molecule has 0 aliphatic rings. The second-order valence-corrected chi connectivity index (χ2v) is 4.59. The van der Waals surface area contributed by atoms with Crippen LogP contribution in [0.4, 0.5) is 0 Å². The molecular weight excluding hydrogens is 272 g/mol. The Balaban J connectivity index is 1.85. The van der Waals surface area contributed by atoms with Gasteiger partial charge in [-0.3, -0.25) is 9.78 Å². The van der Waals surface area contributed by atoms with Crippen LogP contribution in [0.15, 0.2) is 37.1 Å². The largest absolute Gasteiger partial charge is 0.480 e. The Morgan fingerprint density at radius 3 is 2.67 bits per heavy atom. The van der Waals surface area contributed by atoms with Gasteiger partial charge in [0.05, 0.1) is 6.33 Å². The second kappa shape index (κ2) is 7.18. The van der Waals surface area contributed by atoms with Crippen molar-refractivity contribution < 1.29 is 14.7 Å². The first-order valence-electron chi connectivity index (χ1n) is 6.53. The van der Waals surface area contributed by atoms with Gasteiger partial charge in [0.15, 0.2) is 0 Å². The van der Waals surface area contributed by atoms with Gasteiger partial charge in [0, 0.05) is 37.1 Å². The highest BCUT2D eigenvalue weighted by Crippen LogP contribution is 2.03. The maximum atomic E-state index is 11.8. The van der Waals surface area contributed by atoms with E-state index in [4.69, 9.17) is 5.11 Å². The molecule has 0 aliphatic heterocycles. The number of pyridine rings is 1. The third kappa shape index (κ3) is 4.72. The topological polar surface area (TPSA) is 108 Å². The van der Waals surface area contributed by atoms with Gasteiger partial charge < -0.3 is 15.4 Å². The number of amides is 1. The second-order valence-electron chi connectivity index (χ2n) is 4.59. The zero-order valence-electron chi connectivity index (χ0n) is 11.3. The molecule has 0 bridgehead atoms. The number of aromatic amines is 1. The number of hydrogen-bond donors (Lipinski definition) is 3. The van der Waals surface area contributed by atoms with E-state index >= 15 is 0 Å². The molecule has 21 heavy (non-hydrogen) atoms. The molecule has 3 N–H and O–H groups in total. The number of aromatic nitrogens is 3. The van der Waals surface area contributed by atoms with Crippen molar-refractivity contribution in [1.29, 1.82) is 0 Å². The van der Waals surface area contributed by atoms with Crippen LogP contribution < -0.4 is 5.32 Å². The van der Waals surface area contributed by atoms with Crippen molar-refractivity contribution in [2.75, 3.05) is 0 Å². The van der Waals surface area contributed by atoms with Crippen molar-refractivity contribution in [3.8, 4) is 0 Å². The van der Waals surface area contributed by atoms with Crippen LogP contribution in [-0.4, -0.2) is 38.0 Å². The van der Waals surface area contributed by atoms with E-state index in [0.29, 0.717) is 12.1 Å². The smallest absolute Gasteiger partial charge is 0.326 e. The Hall–Kier alpha value is -2.70. The summed E-state index contributed by atoms with van der Waals surface area (Å²) in [6.07, 6.45) is 7.29. The zero-order valence-corrected chi connectivity index (χ0v) is 11.3. The summed E-state index contributed by atoms with van der Waals surface area (Å²) in [6.45, 7) is 0. The van der Waals surface area contributed by atoms with Gasteiger partial charge in [0.25, 0.3) is 0 Å². The zero-order chi connectivity index (χ0) is 15.1. The number of carbonyl (C=O) groups excluding carboxylic acids is 1. The van der Waals surface area contributed by atoms with Crippen molar-refractivity contribution in [3.05, 3.63) is 48.3 Å². The average molecular weight is 288 g/mol. The fourth-order valence-corrected chi connectivity index (χ4v) is 1.89. The summed E-state index contributed by atoms with van der Waals surface area (Å²) in [4.78, 5) is 33.6. The number of nitrogens with zero attached hydrogens (tertiary/aromatic N) is 2. The molecule has 0 aromatic carbocycles. The van der Waals surface area contributed by atoms with E-state index in [-0.39, 0.29) is 18.7 Å². The van der Waals surface area contributed by atoms with E-state index in [1.807, 2.05) is 12.1 Å². The van der Waals surface area contributed by atoms with E-state index in [1.54, 1.807) is 18.6 Å². The first kappa shape index (κ1) is 14.7. The average Bonchev–Trinajstić information content (AvgIpc) is 2.98. The van der Waals surface area contributed by atoms with Gasteiger partial charge in [-0.2, -0.15) is 0 Å². The molecule has 0 aliphatic carbocycles. The maximum absolute atomic E-state index is 11.8. The molecule has 0 fully saturated rings. The van der Waals surface area contributed by atoms with Gasteiger partial charge >= 0.3 is 5.97 Å². The van der Waals surface area contributed by atoms with Crippen LogP contribution in [-0.2, 0) is 22.4 Å². The van der Waals surface area contributed by atoms with E-state index in [1.165, 1.54) is 6.33 Å². The number of aliphatic carboxylic acids is 1. The maximum Gasteiger partial charge on any atom is 0.326 e.